The van der Waals surface area contributed by atoms with Gasteiger partial charge in [-0.05, 0) is 6.42 Å². The predicted molar refractivity (Wildman–Crippen MR) is 77.3 cm³/mol. The maximum absolute atomic E-state index is 10.3. The van der Waals surface area contributed by atoms with E-state index < -0.39 is 12.1 Å². The van der Waals surface area contributed by atoms with Crippen LogP contribution in [0.15, 0.2) is 0 Å². The Morgan fingerprint density at radius 3 is 1.83 bits per heavy atom. The van der Waals surface area contributed by atoms with Gasteiger partial charge in [0.05, 0.1) is 12.5 Å². The van der Waals surface area contributed by atoms with Crippen molar-refractivity contribution in [3.63, 3.8) is 0 Å². The van der Waals surface area contributed by atoms with Gasteiger partial charge in [0.15, 0.2) is 0 Å². The summed E-state index contributed by atoms with van der Waals surface area (Å²) in [5.41, 5.74) is 0. The van der Waals surface area contributed by atoms with Crippen LogP contribution >= 0.6 is 0 Å². The van der Waals surface area contributed by atoms with Gasteiger partial charge in [0.2, 0.25) is 0 Å². The van der Waals surface area contributed by atoms with Gasteiger partial charge in [-0.15, -0.1) is 0 Å². The second kappa shape index (κ2) is 16.1. The Balaban J connectivity index is 0. The van der Waals surface area contributed by atoms with Gasteiger partial charge >= 0.3 is 57.4 Å². The molecule has 0 spiro atoms. The van der Waals surface area contributed by atoms with E-state index in [1.54, 1.807) is 0 Å². The van der Waals surface area contributed by atoms with Crippen molar-refractivity contribution in [2.75, 3.05) is 0 Å². The number of unbranched alkanes of at least 4 members (excludes halogenated alkanes) is 8. The first-order valence-electron chi connectivity index (χ1n) is 7.06. The number of aliphatic carboxylic acids is 1. The first-order chi connectivity index (χ1) is 8.16. The molecular formula is C14H29KO3. The summed E-state index contributed by atoms with van der Waals surface area (Å²) in [6.45, 7) is 2.22. The van der Waals surface area contributed by atoms with Crippen LogP contribution in [0.1, 0.15) is 77.6 Å². The van der Waals surface area contributed by atoms with E-state index in [1.807, 2.05) is 0 Å². The van der Waals surface area contributed by atoms with Crippen LogP contribution in [0.2, 0.25) is 0 Å². The number of carboxylic acids is 1. The van der Waals surface area contributed by atoms with Gasteiger partial charge in [0, 0.05) is 0 Å². The molecule has 0 heterocycles. The van der Waals surface area contributed by atoms with E-state index in [0.29, 0.717) is 6.42 Å². The Kier molecular flexibility index (Phi) is 19.1. The molecular weight excluding hydrogens is 255 g/mol. The van der Waals surface area contributed by atoms with Crippen LogP contribution < -0.4 is 0 Å². The molecule has 0 rings (SSSR count). The predicted octanol–water partition coefficient (Wildman–Crippen LogP) is 3.09. The number of carboxylic acid groups (broad SMARTS) is 1. The SMILES string of the molecule is CCCCCCCCCCCC(O)CC(=O)O.[KH]. The molecule has 0 radical (unpaired) electrons. The van der Waals surface area contributed by atoms with E-state index in [2.05, 4.69) is 6.92 Å². The molecule has 0 saturated heterocycles. The van der Waals surface area contributed by atoms with Crippen molar-refractivity contribution in [2.24, 2.45) is 0 Å². The van der Waals surface area contributed by atoms with Crippen LogP contribution in [0, 0.1) is 0 Å². The number of carbonyl (C=O) groups is 1. The fourth-order valence-corrected chi connectivity index (χ4v) is 1.99. The van der Waals surface area contributed by atoms with Crippen LogP contribution in [-0.2, 0) is 4.79 Å². The Labute approximate surface area is 154 Å². The van der Waals surface area contributed by atoms with Crippen molar-refractivity contribution in [2.45, 2.75) is 83.7 Å². The number of rotatable bonds is 12. The van der Waals surface area contributed by atoms with Crippen molar-refractivity contribution in [3.05, 3.63) is 0 Å². The Morgan fingerprint density at radius 1 is 0.944 bits per heavy atom. The summed E-state index contributed by atoms with van der Waals surface area (Å²) in [6.07, 6.45) is 11.1. The van der Waals surface area contributed by atoms with E-state index in [9.17, 15) is 9.90 Å². The quantitative estimate of drug-likeness (QED) is 0.428. The summed E-state index contributed by atoms with van der Waals surface area (Å²) in [5.74, 6) is -0.909. The van der Waals surface area contributed by atoms with Crippen LogP contribution in [0.3, 0.4) is 0 Å². The van der Waals surface area contributed by atoms with E-state index in [4.69, 9.17) is 5.11 Å². The molecule has 2 N–H and O–H groups in total. The standard InChI is InChI=1S/C14H28O3.K.H/c1-2-3-4-5-6-7-8-9-10-11-13(15)12-14(16)17;;/h13,15H,2-12H2,1H3,(H,16,17);;. The molecule has 0 aliphatic heterocycles. The van der Waals surface area contributed by atoms with Gasteiger partial charge in [-0.3, -0.25) is 4.79 Å². The van der Waals surface area contributed by atoms with Gasteiger partial charge < -0.3 is 10.2 Å². The molecule has 0 saturated carbocycles. The van der Waals surface area contributed by atoms with E-state index in [1.165, 1.54) is 44.9 Å². The van der Waals surface area contributed by atoms with Crippen LogP contribution in [0.4, 0.5) is 0 Å². The molecule has 0 aromatic heterocycles. The fourth-order valence-electron chi connectivity index (χ4n) is 1.99. The minimum atomic E-state index is -0.909. The van der Waals surface area contributed by atoms with Gasteiger partial charge in [-0.2, -0.15) is 0 Å². The van der Waals surface area contributed by atoms with Gasteiger partial charge in [0.25, 0.3) is 0 Å². The third-order valence-corrected chi connectivity index (χ3v) is 3.05. The van der Waals surface area contributed by atoms with Gasteiger partial charge in [-0.25, -0.2) is 0 Å². The molecule has 1 atom stereocenters. The summed E-state index contributed by atoms with van der Waals surface area (Å²) in [6, 6.07) is 0. The molecule has 0 aromatic rings. The molecule has 1 unspecified atom stereocenters. The van der Waals surface area contributed by atoms with Crippen molar-refractivity contribution in [3.8, 4) is 0 Å². The van der Waals surface area contributed by atoms with Crippen LogP contribution in [0.5, 0.6) is 0 Å². The zero-order chi connectivity index (χ0) is 12.9. The maximum atomic E-state index is 10.3. The second-order valence-electron chi connectivity index (χ2n) is 4.87. The molecule has 0 amide bonds. The van der Waals surface area contributed by atoms with Crippen LogP contribution in [0.25, 0.3) is 0 Å². The topological polar surface area (TPSA) is 57.5 Å². The molecule has 3 nitrogen and oxygen atoms in total. The number of hydrogen-bond donors (Lipinski definition) is 2. The Hall–Kier alpha value is 1.07. The third kappa shape index (κ3) is 17.1. The van der Waals surface area contributed by atoms with Crippen molar-refractivity contribution < 1.29 is 15.0 Å². The average molecular weight is 284 g/mol. The zero-order valence-corrected chi connectivity index (χ0v) is 11.2. The van der Waals surface area contributed by atoms with Crippen molar-refractivity contribution in [1.82, 2.24) is 0 Å². The summed E-state index contributed by atoms with van der Waals surface area (Å²) in [5, 5.41) is 17.8. The number of aliphatic hydroxyl groups is 1. The molecule has 0 aromatic carbocycles. The zero-order valence-electron chi connectivity index (χ0n) is 11.2. The van der Waals surface area contributed by atoms with Crippen molar-refractivity contribution in [1.29, 1.82) is 0 Å². The molecule has 4 heteroatoms. The molecule has 104 valence electrons. The molecule has 0 fully saturated rings. The summed E-state index contributed by atoms with van der Waals surface area (Å²) < 4.78 is 0. The van der Waals surface area contributed by atoms with E-state index >= 15 is 0 Å². The Morgan fingerprint density at radius 2 is 1.39 bits per heavy atom. The molecule has 18 heavy (non-hydrogen) atoms. The third-order valence-electron chi connectivity index (χ3n) is 3.05. The van der Waals surface area contributed by atoms with E-state index in [0.717, 1.165) is 12.8 Å². The van der Waals surface area contributed by atoms with Gasteiger partial charge in [-0.1, -0.05) is 64.7 Å². The van der Waals surface area contributed by atoms with Gasteiger partial charge in [0.1, 0.15) is 0 Å². The second-order valence-corrected chi connectivity index (χ2v) is 4.87. The average Bonchev–Trinajstić information content (AvgIpc) is 2.26. The number of hydrogen-bond acceptors (Lipinski definition) is 2. The summed E-state index contributed by atoms with van der Waals surface area (Å²) >= 11 is 0. The summed E-state index contributed by atoms with van der Waals surface area (Å²) in [7, 11) is 0. The van der Waals surface area contributed by atoms with Crippen LogP contribution in [-0.4, -0.2) is 73.7 Å². The first-order valence-corrected chi connectivity index (χ1v) is 7.06. The molecule has 0 aliphatic carbocycles. The monoisotopic (exact) mass is 284 g/mol. The number of aliphatic hydroxyl groups excluding tert-OH is 1. The minimum absolute atomic E-state index is 0. The first kappa shape index (κ1) is 21.4. The summed E-state index contributed by atoms with van der Waals surface area (Å²) in [4.78, 5) is 10.3. The normalized spacial score (nSPS) is 11.9. The van der Waals surface area contributed by atoms with E-state index in [-0.39, 0.29) is 57.8 Å². The molecule has 0 aliphatic rings. The van der Waals surface area contributed by atoms with Crippen molar-refractivity contribution >= 4 is 57.4 Å². The fraction of sp³-hybridized carbons (Fsp3) is 0.929. The molecule has 0 bridgehead atoms. The Bertz CT molecular complexity index is 186.